The molecular formula is C15H16. The van der Waals surface area contributed by atoms with Gasteiger partial charge in [0.25, 0.3) is 0 Å². The van der Waals surface area contributed by atoms with E-state index in [0.717, 1.165) is 6.42 Å². The molecule has 2 rings (SSSR count). The summed E-state index contributed by atoms with van der Waals surface area (Å²) in [6.07, 6.45) is 9.84. The highest BCUT2D eigenvalue weighted by molar-refractivity contribution is 5.69. The monoisotopic (exact) mass is 196 g/mol. The van der Waals surface area contributed by atoms with Gasteiger partial charge >= 0.3 is 0 Å². The Morgan fingerprint density at radius 3 is 2.73 bits per heavy atom. The van der Waals surface area contributed by atoms with Crippen LogP contribution in [0.4, 0.5) is 0 Å². The summed E-state index contributed by atoms with van der Waals surface area (Å²) in [4.78, 5) is 0. The van der Waals surface area contributed by atoms with Crippen LogP contribution in [0.2, 0.25) is 0 Å². The van der Waals surface area contributed by atoms with Crippen molar-refractivity contribution in [1.29, 1.82) is 0 Å². The minimum atomic E-state index is 1.03. The second-order valence-corrected chi connectivity index (χ2v) is 4.08. The second kappa shape index (κ2) is 4.31. The number of benzene rings is 1. The molecule has 1 aromatic rings. The maximum Gasteiger partial charge on any atom is -0.00883 e. The first-order chi connectivity index (χ1) is 7.25. The number of hydrogen-bond donors (Lipinski definition) is 0. The first kappa shape index (κ1) is 9.97. The van der Waals surface area contributed by atoms with Crippen LogP contribution in [0.3, 0.4) is 0 Å². The van der Waals surface area contributed by atoms with E-state index < -0.39 is 0 Å². The number of hydrogen-bond acceptors (Lipinski definition) is 0. The number of rotatable bonds is 1. The predicted molar refractivity (Wildman–Crippen MR) is 66.7 cm³/mol. The molecule has 76 valence electrons. The highest BCUT2D eigenvalue weighted by atomic mass is 14.1. The highest BCUT2D eigenvalue weighted by Gasteiger charge is 2.01. The van der Waals surface area contributed by atoms with Gasteiger partial charge in [-0.1, -0.05) is 59.7 Å². The lowest BCUT2D eigenvalue weighted by molar-refractivity contribution is 1.36. The molecule has 0 spiro atoms. The first-order valence-electron chi connectivity index (χ1n) is 5.37. The van der Waals surface area contributed by atoms with Gasteiger partial charge in [-0.2, -0.15) is 0 Å². The van der Waals surface area contributed by atoms with Gasteiger partial charge in [0.1, 0.15) is 0 Å². The normalized spacial score (nSPS) is 15.6. The molecule has 0 heteroatoms. The molecule has 1 aliphatic carbocycles. The van der Waals surface area contributed by atoms with Crippen molar-refractivity contribution in [3.63, 3.8) is 0 Å². The van der Waals surface area contributed by atoms with Crippen molar-refractivity contribution in [3.8, 4) is 0 Å². The molecule has 0 aliphatic heterocycles. The van der Waals surface area contributed by atoms with Gasteiger partial charge in [0.05, 0.1) is 0 Å². The molecule has 0 radical (unpaired) electrons. The Labute approximate surface area is 91.6 Å². The molecular weight excluding hydrogens is 180 g/mol. The minimum absolute atomic E-state index is 1.03. The van der Waals surface area contributed by atoms with Gasteiger partial charge in [-0.05, 0) is 31.4 Å². The van der Waals surface area contributed by atoms with E-state index in [4.69, 9.17) is 0 Å². The van der Waals surface area contributed by atoms with Crippen LogP contribution in [0.15, 0.2) is 54.1 Å². The van der Waals surface area contributed by atoms with Crippen molar-refractivity contribution in [3.05, 3.63) is 65.3 Å². The van der Waals surface area contributed by atoms with Gasteiger partial charge < -0.3 is 0 Å². The molecule has 0 N–H and O–H groups in total. The zero-order valence-corrected chi connectivity index (χ0v) is 9.33. The third-order valence-corrected chi connectivity index (χ3v) is 2.65. The van der Waals surface area contributed by atoms with E-state index >= 15 is 0 Å². The fraction of sp³-hybridized carbons (Fsp3) is 0.200. The van der Waals surface area contributed by atoms with Gasteiger partial charge in [0, 0.05) is 0 Å². The Morgan fingerprint density at radius 1 is 1.07 bits per heavy atom. The lowest BCUT2D eigenvalue weighted by atomic mass is 10.0. The van der Waals surface area contributed by atoms with E-state index in [-0.39, 0.29) is 0 Å². The molecule has 0 aromatic heterocycles. The van der Waals surface area contributed by atoms with E-state index in [0.29, 0.717) is 0 Å². The average Bonchev–Trinajstić information content (AvgIpc) is 2.43. The summed E-state index contributed by atoms with van der Waals surface area (Å²) < 4.78 is 0. The molecule has 0 fully saturated rings. The Balaban J connectivity index is 2.36. The van der Waals surface area contributed by atoms with Crippen LogP contribution in [-0.2, 0) is 0 Å². The minimum Gasteiger partial charge on any atom is -0.0798 e. The summed E-state index contributed by atoms with van der Waals surface area (Å²) in [5.74, 6) is 0. The van der Waals surface area contributed by atoms with Crippen LogP contribution in [0.5, 0.6) is 0 Å². The zero-order valence-electron chi connectivity index (χ0n) is 9.33. The fourth-order valence-corrected chi connectivity index (χ4v) is 1.79. The molecule has 1 aromatic carbocycles. The first-order valence-corrected chi connectivity index (χ1v) is 5.37. The van der Waals surface area contributed by atoms with E-state index in [2.05, 4.69) is 62.4 Å². The highest BCUT2D eigenvalue weighted by Crippen LogP contribution is 2.22. The van der Waals surface area contributed by atoms with Crippen LogP contribution >= 0.6 is 0 Å². The van der Waals surface area contributed by atoms with Crippen molar-refractivity contribution in [2.45, 2.75) is 20.3 Å². The number of allylic oxidation sites excluding steroid dienone is 6. The fourth-order valence-electron chi connectivity index (χ4n) is 1.79. The largest absolute Gasteiger partial charge is 0.0798 e. The molecule has 1 aliphatic rings. The van der Waals surface area contributed by atoms with Crippen LogP contribution in [0.1, 0.15) is 24.5 Å². The topological polar surface area (TPSA) is 0 Å². The van der Waals surface area contributed by atoms with Crippen LogP contribution < -0.4 is 0 Å². The van der Waals surface area contributed by atoms with Gasteiger partial charge in [0.15, 0.2) is 0 Å². The molecule has 0 bridgehead atoms. The van der Waals surface area contributed by atoms with E-state index in [1.807, 2.05) is 0 Å². The lowest BCUT2D eigenvalue weighted by Gasteiger charge is -2.04. The molecule has 0 nitrogen and oxygen atoms in total. The lowest BCUT2D eigenvalue weighted by Crippen LogP contribution is -1.83. The summed E-state index contributed by atoms with van der Waals surface area (Å²) in [5, 5.41) is 0. The Bertz CT molecular complexity index is 445. The average molecular weight is 196 g/mol. The molecule has 15 heavy (non-hydrogen) atoms. The van der Waals surface area contributed by atoms with Crippen molar-refractivity contribution in [1.82, 2.24) is 0 Å². The quantitative estimate of drug-likeness (QED) is 0.628. The van der Waals surface area contributed by atoms with Crippen LogP contribution in [-0.4, -0.2) is 0 Å². The van der Waals surface area contributed by atoms with Crippen LogP contribution in [0, 0.1) is 6.92 Å². The maximum absolute atomic E-state index is 2.24. The van der Waals surface area contributed by atoms with Crippen LogP contribution in [0.25, 0.3) is 5.57 Å². The van der Waals surface area contributed by atoms with E-state index in [9.17, 15) is 0 Å². The standard InChI is InChI=1S/C15H16/c1-12-5-3-7-14(10-9-12)15-8-4-6-13(2)11-15/h3-6,8-11H,7H2,1-2H3. The molecule has 0 amide bonds. The molecule has 0 saturated carbocycles. The van der Waals surface area contributed by atoms with Crippen molar-refractivity contribution in [2.75, 3.05) is 0 Å². The summed E-state index contributed by atoms with van der Waals surface area (Å²) in [6.45, 7) is 4.27. The molecule has 0 heterocycles. The summed E-state index contributed by atoms with van der Waals surface area (Å²) in [5.41, 5.74) is 5.37. The third-order valence-electron chi connectivity index (χ3n) is 2.65. The van der Waals surface area contributed by atoms with E-state index in [1.54, 1.807) is 0 Å². The molecule has 0 atom stereocenters. The Hall–Kier alpha value is -1.56. The van der Waals surface area contributed by atoms with Gasteiger partial charge in [0.2, 0.25) is 0 Å². The summed E-state index contributed by atoms with van der Waals surface area (Å²) >= 11 is 0. The van der Waals surface area contributed by atoms with Gasteiger partial charge in [-0.15, -0.1) is 0 Å². The van der Waals surface area contributed by atoms with Crippen molar-refractivity contribution in [2.24, 2.45) is 0 Å². The Kier molecular flexibility index (Phi) is 2.86. The molecule has 0 saturated heterocycles. The van der Waals surface area contributed by atoms with E-state index in [1.165, 1.54) is 22.3 Å². The predicted octanol–water partition coefficient (Wildman–Crippen LogP) is 4.28. The third kappa shape index (κ3) is 2.47. The molecule has 0 unspecified atom stereocenters. The zero-order chi connectivity index (χ0) is 10.7. The SMILES string of the molecule is CC1=CC=C(c2cccc(C)c2)CC=C1. The number of aryl methyl sites for hydroxylation is 1. The van der Waals surface area contributed by atoms with Crippen molar-refractivity contribution >= 4 is 5.57 Å². The smallest absolute Gasteiger partial charge is 0.00883 e. The second-order valence-electron chi connectivity index (χ2n) is 4.08. The maximum atomic E-state index is 2.24. The van der Waals surface area contributed by atoms with Crippen molar-refractivity contribution < 1.29 is 0 Å². The summed E-state index contributed by atoms with van der Waals surface area (Å²) in [7, 11) is 0. The van der Waals surface area contributed by atoms with Gasteiger partial charge in [-0.3, -0.25) is 0 Å². The van der Waals surface area contributed by atoms with Gasteiger partial charge in [-0.25, -0.2) is 0 Å². The summed E-state index contributed by atoms with van der Waals surface area (Å²) in [6, 6.07) is 8.68. The Morgan fingerprint density at radius 2 is 1.93 bits per heavy atom.